The molecule has 0 atom stereocenters. The number of halogens is 1. The van der Waals surface area contributed by atoms with E-state index in [1.54, 1.807) is 36.7 Å². The van der Waals surface area contributed by atoms with Crippen molar-refractivity contribution in [2.75, 3.05) is 5.32 Å². The molecule has 26 heavy (non-hydrogen) atoms. The Morgan fingerprint density at radius 3 is 2.69 bits per heavy atom. The van der Waals surface area contributed by atoms with Crippen molar-refractivity contribution < 1.29 is 9.18 Å². The number of carbonyl (C=O) groups is 1. The standard InChI is InChI=1S/C18H12FN5OS/c19-12-3-1-4-14(11-12)24-17(15-5-2-10-26-15)22-16(23-24)18(25)21-13-6-8-20-9-7-13/h1-11H,(H,20,21,25). The summed E-state index contributed by atoms with van der Waals surface area (Å²) in [5.41, 5.74) is 1.08. The quantitative estimate of drug-likeness (QED) is 0.597. The molecule has 0 radical (unpaired) electrons. The fraction of sp³-hybridized carbons (Fsp3) is 0. The number of benzene rings is 1. The van der Waals surface area contributed by atoms with Gasteiger partial charge in [0.2, 0.25) is 5.82 Å². The SMILES string of the molecule is O=C(Nc1ccncc1)c1nc(-c2cccs2)n(-c2cccc(F)c2)n1. The van der Waals surface area contributed by atoms with Crippen LogP contribution in [0, 0.1) is 5.82 Å². The van der Waals surface area contributed by atoms with Gasteiger partial charge in [-0.1, -0.05) is 12.1 Å². The van der Waals surface area contributed by atoms with Gasteiger partial charge in [0.15, 0.2) is 5.82 Å². The molecule has 0 fully saturated rings. The number of rotatable bonds is 4. The van der Waals surface area contributed by atoms with Crippen molar-refractivity contribution in [1.29, 1.82) is 0 Å². The summed E-state index contributed by atoms with van der Waals surface area (Å²) in [5.74, 6) is -0.373. The number of aromatic nitrogens is 4. The van der Waals surface area contributed by atoms with Gasteiger partial charge in [-0.3, -0.25) is 9.78 Å². The molecule has 3 aromatic heterocycles. The molecule has 0 unspecified atom stereocenters. The average Bonchev–Trinajstić information content (AvgIpc) is 3.32. The maximum Gasteiger partial charge on any atom is 0.295 e. The van der Waals surface area contributed by atoms with E-state index < -0.39 is 11.7 Å². The second-order valence-electron chi connectivity index (χ2n) is 5.32. The Balaban J connectivity index is 1.75. The monoisotopic (exact) mass is 365 g/mol. The minimum atomic E-state index is -0.454. The lowest BCUT2D eigenvalue weighted by atomic mass is 10.3. The van der Waals surface area contributed by atoms with E-state index in [0.717, 1.165) is 4.88 Å². The summed E-state index contributed by atoms with van der Waals surface area (Å²) in [6, 6.07) is 13.1. The van der Waals surface area contributed by atoms with Gasteiger partial charge in [-0.2, -0.15) is 0 Å². The van der Waals surface area contributed by atoms with Gasteiger partial charge >= 0.3 is 0 Å². The highest BCUT2D eigenvalue weighted by molar-refractivity contribution is 7.13. The van der Waals surface area contributed by atoms with E-state index in [2.05, 4.69) is 20.4 Å². The van der Waals surface area contributed by atoms with Crippen molar-refractivity contribution in [1.82, 2.24) is 19.7 Å². The first-order valence-corrected chi connectivity index (χ1v) is 8.57. The van der Waals surface area contributed by atoms with E-state index in [4.69, 9.17) is 0 Å². The summed E-state index contributed by atoms with van der Waals surface area (Å²) in [6.07, 6.45) is 3.15. The number of anilines is 1. The van der Waals surface area contributed by atoms with Crippen LogP contribution in [0.3, 0.4) is 0 Å². The molecule has 0 bridgehead atoms. The zero-order valence-corrected chi connectivity index (χ0v) is 14.2. The van der Waals surface area contributed by atoms with Crippen LogP contribution < -0.4 is 5.32 Å². The van der Waals surface area contributed by atoms with E-state index >= 15 is 0 Å². The fourth-order valence-corrected chi connectivity index (χ4v) is 3.08. The summed E-state index contributed by atoms with van der Waals surface area (Å²) >= 11 is 1.46. The molecule has 1 N–H and O–H groups in total. The lowest BCUT2D eigenvalue weighted by Crippen LogP contribution is -2.14. The van der Waals surface area contributed by atoms with Crippen LogP contribution in [-0.4, -0.2) is 25.7 Å². The van der Waals surface area contributed by atoms with Gasteiger partial charge in [-0.15, -0.1) is 16.4 Å². The molecule has 1 aromatic carbocycles. The Morgan fingerprint density at radius 1 is 1.12 bits per heavy atom. The normalized spacial score (nSPS) is 10.7. The molecule has 4 aromatic rings. The van der Waals surface area contributed by atoms with Gasteiger partial charge < -0.3 is 5.32 Å². The lowest BCUT2D eigenvalue weighted by Gasteiger charge is -2.04. The molecule has 0 aliphatic carbocycles. The zero-order valence-electron chi connectivity index (χ0n) is 13.3. The third-order valence-electron chi connectivity index (χ3n) is 3.54. The van der Waals surface area contributed by atoms with Crippen LogP contribution in [0.15, 0.2) is 66.3 Å². The van der Waals surface area contributed by atoms with E-state index in [0.29, 0.717) is 17.2 Å². The smallest absolute Gasteiger partial charge is 0.295 e. The summed E-state index contributed by atoms with van der Waals surface area (Å²) in [7, 11) is 0. The number of nitrogens with one attached hydrogen (secondary N) is 1. The molecule has 0 saturated heterocycles. The first kappa shape index (κ1) is 16.1. The van der Waals surface area contributed by atoms with Crippen molar-refractivity contribution in [3.8, 4) is 16.4 Å². The van der Waals surface area contributed by atoms with Crippen LogP contribution in [0.1, 0.15) is 10.6 Å². The van der Waals surface area contributed by atoms with E-state index in [-0.39, 0.29) is 5.82 Å². The topological polar surface area (TPSA) is 72.7 Å². The highest BCUT2D eigenvalue weighted by Crippen LogP contribution is 2.26. The Morgan fingerprint density at radius 2 is 1.96 bits per heavy atom. The third kappa shape index (κ3) is 3.22. The first-order chi connectivity index (χ1) is 12.7. The van der Waals surface area contributed by atoms with Crippen molar-refractivity contribution in [3.63, 3.8) is 0 Å². The number of hydrogen-bond donors (Lipinski definition) is 1. The largest absolute Gasteiger partial charge is 0.319 e. The third-order valence-corrected chi connectivity index (χ3v) is 4.41. The number of amides is 1. The van der Waals surface area contributed by atoms with Crippen LogP contribution in [0.2, 0.25) is 0 Å². The molecule has 8 heteroatoms. The average molecular weight is 365 g/mol. The summed E-state index contributed by atoms with van der Waals surface area (Å²) in [4.78, 5) is 21.6. The van der Waals surface area contributed by atoms with Crippen LogP contribution in [0.4, 0.5) is 10.1 Å². The molecule has 1 amide bonds. The van der Waals surface area contributed by atoms with Gasteiger partial charge in [-0.05, 0) is 41.8 Å². The molecule has 128 valence electrons. The fourth-order valence-electron chi connectivity index (χ4n) is 2.38. The van der Waals surface area contributed by atoms with Crippen molar-refractivity contribution in [2.24, 2.45) is 0 Å². The summed E-state index contributed by atoms with van der Waals surface area (Å²) < 4.78 is 15.1. The van der Waals surface area contributed by atoms with Crippen molar-refractivity contribution in [3.05, 3.63) is 77.9 Å². The zero-order chi connectivity index (χ0) is 17.9. The van der Waals surface area contributed by atoms with E-state index in [1.165, 1.54) is 28.2 Å². The molecular formula is C18H12FN5OS. The van der Waals surface area contributed by atoms with Crippen LogP contribution in [0.5, 0.6) is 0 Å². The maximum absolute atomic E-state index is 13.6. The minimum absolute atomic E-state index is 0.00512. The molecule has 0 aliphatic heterocycles. The van der Waals surface area contributed by atoms with Crippen molar-refractivity contribution in [2.45, 2.75) is 0 Å². The van der Waals surface area contributed by atoms with Gasteiger partial charge in [-0.25, -0.2) is 14.1 Å². The molecule has 0 spiro atoms. The predicted molar refractivity (Wildman–Crippen MR) is 96.8 cm³/mol. The van der Waals surface area contributed by atoms with Crippen LogP contribution in [-0.2, 0) is 0 Å². The maximum atomic E-state index is 13.6. The number of carbonyl (C=O) groups excluding carboxylic acids is 1. The lowest BCUT2D eigenvalue weighted by molar-refractivity contribution is 0.101. The van der Waals surface area contributed by atoms with Gasteiger partial charge in [0, 0.05) is 18.1 Å². The van der Waals surface area contributed by atoms with Gasteiger partial charge in [0.05, 0.1) is 10.6 Å². The molecule has 6 nitrogen and oxygen atoms in total. The molecule has 0 saturated carbocycles. The van der Waals surface area contributed by atoms with E-state index in [1.807, 2.05) is 17.5 Å². The second kappa shape index (κ2) is 6.85. The Labute approximate surface area is 152 Å². The number of thiophene rings is 1. The molecule has 0 aliphatic rings. The van der Waals surface area contributed by atoms with Crippen molar-refractivity contribution >= 4 is 22.9 Å². The molecule has 3 heterocycles. The highest BCUT2D eigenvalue weighted by Gasteiger charge is 2.19. The van der Waals surface area contributed by atoms with Crippen LogP contribution >= 0.6 is 11.3 Å². The minimum Gasteiger partial charge on any atom is -0.319 e. The molecule has 4 rings (SSSR count). The number of nitrogens with zero attached hydrogens (tertiary/aromatic N) is 4. The number of pyridine rings is 1. The second-order valence-corrected chi connectivity index (χ2v) is 6.27. The molecular weight excluding hydrogens is 353 g/mol. The summed E-state index contributed by atoms with van der Waals surface area (Å²) in [6.45, 7) is 0. The van der Waals surface area contributed by atoms with E-state index in [9.17, 15) is 9.18 Å². The first-order valence-electron chi connectivity index (χ1n) is 7.69. The highest BCUT2D eigenvalue weighted by atomic mass is 32.1. The predicted octanol–water partition coefficient (Wildman–Crippen LogP) is 3.78. The Bertz CT molecular complexity index is 1050. The Kier molecular flexibility index (Phi) is 4.24. The Hall–Kier alpha value is -3.39. The van der Waals surface area contributed by atoms with Gasteiger partial charge in [0.25, 0.3) is 5.91 Å². The van der Waals surface area contributed by atoms with Crippen LogP contribution in [0.25, 0.3) is 16.4 Å². The van der Waals surface area contributed by atoms with Gasteiger partial charge in [0.1, 0.15) is 5.82 Å². The summed E-state index contributed by atoms with van der Waals surface area (Å²) in [5, 5.41) is 8.91. The number of hydrogen-bond acceptors (Lipinski definition) is 5.